The molecule has 0 bridgehead atoms. The molecule has 1 heterocycles. The number of fused-ring (bicyclic) bond motifs is 1. The Bertz CT molecular complexity index is 676. The molecule has 0 spiro atoms. The molecule has 6 heteroatoms. The van der Waals surface area contributed by atoms with Crippen molar-refractivity contribution in [2.45, 2.75) is 19.4 Å². The molecular weight excluding hydrogens is 374 g/mol. The first kappa shape index (κ1) is 19.4. The van der Waals surface area contributed by atoms with Gasteiger partial charge in [0.15, 0.2) is 8.45 Å². The first-order chi connectivity index (χ1) is 12.3. The zero-order valence-corrected chi connectivity index (χ0v) is 17.0. The molecule has 0 aromatic heterocycles. The van der Waals surface area contributed by atoms with Crippen molar-refractivity contribution < 1.29 is 4.52 Å². The summed E-state index contributed by atoms with van der Waals surface area (Å²) in [6.07, 6.45) is 1.06. The molecular formula is C19H25Cl2N2OP. The summed E-state index contributed by atoms with van der Waals surface area (Å²) in [4.78, 5) is 0. The molecule has 2 aromatic carbocycles. The number of hydrogen-bond acceptors (Lipinski definition) is 3. The van der Waals surface area contributed by atoms with Crippen LogP contribution in [0, 0.1) is 0 Å². The van der Waals surface area contributed by atoms with Crippen molar-refractivity contribution >= 4 is 42.4 Å². The lowest BCUT2D eigenvalue weighted by Gasteiger charge is -2.43. The molecule has 1 saturated heterocycles. The van der Waals surface area contributed by atoms with Crippen LogP contribution >= 0.6 is 31.7 Å². The smallest absolute Gasteiger partial charge is 0.188 e. The monoisotopic (exact) mass is 398 g/mol. The van der Waals surface area contributed by atoms with Crippen LogP contribution in [0.1, 0.15) is 24.9 Å². The molecule has 2 atom stereocenters. The van der Waals surface area contributed by atoms with Gasteiger partial charge in [-0.25, -0.2) is 9.34 Å². The third kappa shape index (κ3) is 4.47. The van der Waals surface area contributed by atoms with Crippen LogP contribution in [0.25, 0.3) is 10.8 Å². The lowest BCUT2D eigenvalue weighted by atomic mass is 9.99. The molecule has 2 aromatic rings. The van der Waals surface area contributed by atoms with Crippen LogP contribution in [0.4, 0.5) is 0 Å². The average molecular weight is 399 g/mol. The maximum absolute atomic E-state index is 6.21. The molecule has 136 valence electrons. The minimum Gasteiger partial charge on any atom is -0.331 e. The molecule has 0 unspecified atom stereocenters. The largest absolute Gasteiger partial charge is 0.331 e. The summed E-state index contributed by atoms with van der Waals surface area (Å²) in [6.45, 7) is 5.74. The minimum atomic E-state index is -0.831. The van der Waals surface area contributed by atoms with Crippen LogP contribution in [0.5, 0.6) is 0 Å². The second-order valence-corrected chi connectivity index (χ2v) is 8.78. The predicted octanol–water partition coefficient (Wildman–Crippen LogP) is 5.63. The van der Waals surface area contributed by atoms with Crippen LogP contribution in [0.3, 0.4) is 0 Å². The Morgan fingerprint density at radius 2 is 1.84 bits per heavy atom. The Labute approximate surface area is 161 Å². The summed E-state index contributed by atoms with van der Waals surface area (Å²) in [5.74, 6) is 1.19. The standard InChI is InChI=1S/C19H25Cl2N2OP/c1-16(18-9-4-7-17-6-2-3-8-19(17)18)23-12-5-15-24-25(23)22(13-10-20)14-11-21/h2-4,6-9,16H,5,10-15H2,1H3/t16-,25+/m1/s1. The Hall–Kier alpha value is -0.410. The maximum atomic E-state index is 6.21. The lowest BCUT2D eigenvalue weighted by Crippen LogP contribution is -2.37. The van der Waals surface area contributed by atoms with E-state index >= 15 is 0 Å². The zero-order valence-electron chi connectivity index (χ0n) is 14.6. The van der Waals surface area contributed by atoms with Gasteiger partial charge >= 0.3 is 0 Å². The average Bonchev–Trinajstić information content (AvgIpc) is 2.67. The van der Waals surface area contributed by atoms with Gasteiger partial charge in [0.25, 0.3) is 0 Å². The van der Waals surface area contributed by atoms with Gasteiger partial charge in [-0.3, -0.25) is 0 Å². The van der Waals surface area contributed by atoms with Crippen LogP contribution in [-0.2, 0) is 4.52 Å². The Morgan fingerprint density at radius 3 is 2.60 bits per heavy atom. The molecule has 0 amide bonds. The van der Waals surface area contributed by atoms with Crippen molar-refractivity contribution in [3.8, 4) is 0 Å². The molecule has 0 aliphatic carbocycles. The van der Waals surface area contributed by atoms with E-state index in [2.05, 4.69) is 58.7 Å². The van der Waals surface area contributed by atoms with Gasteiger partial charge in [0, 0.05) is 37.4 Å². The van der Waals surface area contributed by atoms with E-state index in [0.29, 0.717) is 11.8 Å². The summed E-state index contributed by atoms with van der Waals surface area (Å²) in [7, 11) is -0.831. The highest BCUT2D eigenvalue weighted by molar-refractivity contribution is 7.47. The van der Waals surface area contributed by atoms with E-state index in [9.17, 15) is 0 Å². The van der Waals surface area contributed by atoms with Crippen molar-refractivity contribution in [3.05, 3.63) is 48.0 Å². The van der Waals surface area contributed by atoms with Gasteiger partial charge < -0.3 is 4.52 Å². The van der Waals surface area contributed by atoms with Gasteiger partial charge in [-0.15, -0.1) is 23.2 Å². The number of nitrogens with zero attached hydrogens (tertiary/aromatic N) is 2. The number of alkyl halides is 2. The van der Waals surface area contributed by atoms with Crippen LogP contribution < -0.4 is 0 Å². The normalized spacial score (nSPS) is 20.2. The van der Waals surface area contributed by atoms with Gasteiger partial charge in [-0.1, -0.05) is 42.5 Å². The summed E-state index contributed by atoms with van der Waals surface area (Å²) < 4.78 is 11.0. The second kappa shape index (κ2) is 9.50. The third-order valence-corrected chi connectivity index (χ3v) is 7.23. The van der Waals surface area contributed by atoms with Crippen molar-refractivity contribution in [1.29, 1.82) is 0 Å². The fourth-order valence-corrected chi connectivity index (χ4v) is 6.22. The molecule has 25 heavy (non-hydrogen) atoms. The van der Waals surface area contributed by atoms with Crippen molar-refractivity contribution in [2.24, 2.45) is 0 Å². The van der Waals surface area contributed by atoms with E-state index in [4.69, 9.17) is 27.7 Å². The SMILES string of the molecule is C[C@H](c1cccc2ccccc12)N1CCCO[P@@]1N(CCCl)CCCl. The van der Waals surface area contributed by atoms with E-state index in [1.54, 1.807) is 0 Å². The van der Waals surface area contributed by atoms with E-state index in [-0.39, 0.29) is 6.04 Å². The topological polar surface area (TPSA) is 15.7 Å². The molecule has 0 N–H and O–H groups in total. The second-order valence-electron chi connectivity index (χ2n) is 6.18. The molecule has 1 aliphatic heterocycles. The summed E-state index contributed by atoms with van der Waals surface area (Å²) >= 11 is 12.1. The number of rotatable bonds is 7. The van der Waals surface area contributed by atoms with E-state index in [1.807, 2.05) is 0 Å². The van der Waals surface area contributed by atoms with Gasteiger partial charge in [-0.2, -0.15) is 0 Å². The van der Waals surface area contributed by atoms with Gasteiger partial charge in [0.05, 0.1) is 6.61 Å². The Morgan fingerprint density at radius 1 is 1.12 bits per heavy atom. The first-order valence-electron chi connectivity index (χ1n) is 8.80. The number of benzene rings is 2. The van der Waals surface area contributed by atoms with Crippen molar-refractivity contribution in [1.82, 2.24) is 9.34 Å². The van der Waals surface area contributed by atoms with Crippen LogP contribution in [0.15, 0.2) is 42.5 Å². The highest BCUT2D eigenvalue weighted by Gasteiger charge is 2.33. The zero-order chi connectivity index (χ0) is 17.6. The summed E-state index contributed by atoms with van der Waals surface area (Å²) in [6, 6.07) is 15.4. The van der Waals surface area contributed by atoms with Crippen molar-refractivity contribution in [2.75, 3.05) is 38.0 Å². The van der Waals surface area contributed by atoms with Crippen LogP contribution in [-0.4, -0.2) is 47.3 Å². The number of halogens is 2. The van der Waals surface area contributed by atoms with Gasteiger partial charge in [0.1, 0.15) is 0 Å². The molecule has 0 radical (unpaired) electrons. The molecule has 3 nitrogen and oxygen atoms in total. The fourth-order valence-electron chi connectivity index (χ4n) is 3.37. The predicted molar refractivity (Wildman–Crippen MR) is 110 cm³/mol. The highest BCUT2D eigenvalue weighted by atomic mass is 35.5. The summed E-state index contributed by atoms with van der Waals surface area (Å²) in [5, 5.41) is 2.60. The van der Waals surface area contributed by atoms with Crippen LogP contribution in [0.2, 0.25) is 0 Å². The van der Waals surface area contributed by atoms with Crippen molar-refractivity contribution in [3.63, 3.8) is 0 Å². The Kier molecular flexibility index (Phi) is 7.36. The minimum absolute atomic E-state index is 0.283. The van der Waals surface area contributed by atoms with E-state index < -0.39 is 8.45 Å². The highest BCUT2D eigenvalue weighted by Crippen LogP contribution is 2.52. The quantitative estimate of drug-likeness (QED) is 0.443. The van der Waals surface area contributed by atoms with E-state index in [1.165, 1.54) is 16.3 Å². The number of hydrogen-bond donors (Lipinski definition) is 0. The molecule has 1 fully saturated rings. The maximum Gasteiger partial charge on any atom is 0.188 e. The fraction of sp³-hybridized carbons (Fsp3) is 0.474. The van der Waals surface area contributed by atoms with E-state index in [0.717, 1.165) is 32.7 Å². The first-order valence-corrected chi connectivity index (χ1v) is 11.0. The molecule has 3 rings (SSSR count). The summed E-state index contributed by atoms with van der Waals surface area (Å²) in [5.41, 5.74) is 1.35. The molecule has 1 aliphatic rings. The van der Waals surface area contributed by atoms with Gasteiger partial charge in [0.2, 0.25) is 0 Å². The Balaban J connectivity index is 1.90. The lowest BCUT2D eigenvalue weighted by molar-refractivity contribution is 0.186. The van der Waals surface area contributed by atoms with Gasteiger partial charge in [-0.05, 0) is 29.7 Å². The third-order valence-electron chi connectivity index (χ3n) is 4.61. The molecule has 0 saturated carbocycles.